The molecule has 1 aliphatic heterocycles. The number of aryl methyl sites for hydroxylation is 2. The van der Waals surface area contributed by atoms with Crippen LogP contribution in [0.2, 0.25) is 0 Å². The summed E-state index contributed by atoms with van der Waals surface area (Å²) in [6, 6.07) is 6.41. The summed E-state index contributed by atoms with van der Waals surface area (Å²) in [5, 5.41) is 9.75. The molecule has 1 aromatic carbocycles. The van der Waals surface area contributed by atoms with E-state index in [9.17, 15) is 5.11 Å². The number of hydrogen-bond donors (Lipinski definition) is 1. The minimum absolute atomic E-state index is 0.236. The lowest BCUT2D eigenvalue weighted by molar-refractivity contribution is -0.112. The molecule has 0 amide bonds. The second-order valence-corrected chi connectivity index (χ2v) is 5.02. The largest absolute Gasteiger partial charge is 0.393 e. The normalized spacial score (nSPS) is 30.4. The number of hydrogen-bond acceptors (Lipinski definition) is 2. The molecule has 1 saturated heterocycles. The Labute approximate surface area is 97.3 Å². The van der Waals surface area contributed by atoms with Crippen LogP contribution in [0, 0.1) is 13.8 Å². The summed E-state index contributed by atoms with van der Waals surface area (Å²) in [7, 11) is 0. The van der Waals surface area contributed by atoms with Crippen molar-refractivity contribution in [3.05, 3.63) is 34.9 Å². The lowest BCUT2D eigenvalue weighted by Crippen LogP contribution is -2.37. The number of aliphatic hydroxyl groups is 1. The van der Waals surface area contributed by atoms with Crippen molar-refractivity contribution in [3.63, 3.8) is 0 Å². The Morgan fingerprint density at radius 1 is 1.31 bits per heavy atom. The summed E-state index contributed by atoms with van der Waals surface area (Å²) in [5.41, 5.74) is 3.43. The molecule has 0 bridgehead atoms. The van der Waals surface area contributed by atoms with Gasteiger partial charge in [0.15, 0.2) is 0 Å². The van der Waals surface area contributed by atoms with Crippen molar-refractivity contribution in [2.45, 2.75) is 45.3 Å². The average molecular weight is 220 g/mol. The third kappa shape index (κ3) is 2.13. The number of benzene rings is 1. The zero-order valence-electron chi connectivity index (χ0n) is 10.3. The van der Waals surface area contributed by atoms with Gasteiger partial charge in [-0.3, -0.25) is 0 Å². The summed E-state index contributed by atoms with van der Waals surface area (Å²) in [5.74, 6) is 0. The summed E-state index contributed by atoms with van der Waals surface area (Å²) >= 11 is 0. The standard InChI is InChI=1S/C14H20O2/c1-10-4-5-12(8-11(10)2)14(3)9-13(15)6-7-16-14/h4-5,8,13,15H,6-7,9H2,1-3H3. The SMILES string of the molecule is Cc1ccc(C2(C)CC(O)CCO2)cc1C. The van der Waals surface area contributed by atoms with E-state index in [1.807, 2.05) is 0 Å². The van der Waals surface area contributed by atoms with Gasteiger partial charge in [-0.05, 0) is 43.9 Å². The Morgan fingerprint density at radius 3 is 2.69 bits per heavy atom. The topological polar surface area (TPSA) is 29.5 Å². The lowest BCUT2D eigenvalue weighted by Gasteiger charge is -2.37. The molecule has 0 saturated carbocycles. The van der Waals surface area contributed by atoms with E-state index in [1.165, 1.54) is 16.7 Å². The summed E-state index contributed by atoms with van der Waals surface area (Å²) in [6.45, 7) is 6.93. The minimum atomic E-state index is -0.323. The molecule has 16 heavy (non-hydrogen) atoms. The van der Waals surface area contributed by atoms with E-state index < -0.39 is 0 Å². The highest BCUT2D eigenvalue weighted by Crippen LogP contribution is 2.35. The van der Waals surface area contributed by atoms with Gasteiger partial charge >= 0.3 is 0 Å². The molecule has 1 N–H and O–H groups in total. The zero-order chi connectivity index (χ0) is 11.8. The van der Waals surface area contributed by atoms with Gasteiger partial charge in [0.2, 0.25) is 0 Å². The molecule has 1 heterocycles. The van der Waals surface area contributed by atoms with E-state index in [2.05, 4.69) is 39.0 Å². The Hall–Kier alpha value is -0.860. The van der Waals surface area contributed by atoms with Crippen molar-refractivity contribution in [3.8, 4) is 0 Å². The van der Waals surface area contributed by atoms with E-state index in [4.69, 9.17) is 4.74 Å². The fourth-order valence-corrected chi connectivity index (χ4v) is 2.30. The quantitative estimate of drug-likeness (QED) is 0.788. The molecule has 0 aliphatic carbocycles. The monoisotopic (exact) mass is 220 g/mol. The summed E-state index contributed by atoms with van der Waals surface area (Å²) in [6.07, 6.45) is 1.20. The van der Waals surface area contributed by atoms with Crippen LogP contribution in [-0.2, 0) is 10.3 Å². The first-order chi connectivity index (χ1) is 7.51. The Bertz CT molecular complexity index is 386. The summed E-state index contributed by atoms with van der Waals surface area (Å²) in [4.78, 5) is 0. The van der Waals surface area contributed by atoms with Crippen molar-refractivity contribution in [2.24, 2.45) is 0 Å². The fourth-order valence-electron chi connectivity index (χ4n) is 2.30. The molecule has 2 rings (SSSR count). The Morgan fingerprint density at radius 2 is 2.06 bits per heavy atom. The lowest BCUT2D eigenvalue weighted by atomic mass is 9.85. The molecule has 0 radical (unpaired) electrons. The van der Waals surface area contributed by atoms with Gasteiger partial charge in [0, 0.05) is 6.42 Å². The summed E-state index contributed by atoms with van der Waals surface area (Å²) < 4.78 is 5.86. The zero-order valence-corrected chi connectivity index (χ0v) is 10.3. The van der Waals surface area contributed by atoms with Crippen LogP contribution < -0.4 is 0 Å². The minimum Gasteiger partial charge on any atom is -0.393 e. The molecule has 0 aromatic heterocycles. The highest BCUT2D eigenvalue weighted by atomic mass is 16.5. The predicted molar refractivity (Wildman–Crippen MR) is 64.5 cm³/mol. The maximum absolute atomic E-state index is 9.75. The Balaban J connectivity index is 2.31. The molecule has 1 fully saturated rings. The second kappa shape index (κ2) is 4.19. The number of rotatable bonds is 1. The van der Waals surface area contributed by atoms with Crippen LogP contribution in [0.1, 0.15) is 36.5 Å². The van der Waals surface area contributed by atoms with Crippen LogP contribution in [0.4, 0.5) is 0 Å². The Kier molecular flexibility index (Phi) is 3.04. The molecule has 1 aromatic rings. The maximum Gasteiger partial charge on any atom is 0.0928 e. The van der Waals surface area contributed by atoms with E-state index in [0.717, 1.165) is 6.42 Å². The fraction of sp³-hybridized carbons (Fsp3) is 0.571. The van der Waals surface area contributed by atoms with Gasteiger partial charge in [-0.25, -0.2) is 0 Å². The predicted octanol–water partition coefficient (Wildman–Crippen LogP) is 2.69. The van der Waals surface area contributed by atoms with Crippen LogP contribution in [0.15, 0.2) is 18.2 Å². The highest BCUT2D eigenvalue weighted by Gasteiger charge is 2.34. The molecule has 2 nitrogen and oxygen atoms in total. The van der Waals surface area contributed by atoms with Crippen molar-refractivity contribution in [2.75, 3.05) is 6.61 Å². The molecule has 0 spiro atoms. The second-order valence-electron chi connectivity index (χ2n) is 5.02. The van der Waals surface area contributed by atoms with Crippen molar-refractivity contribution in [1.82, 2.24) is 0 Å². The van der Waals surface area contributed by atoms with Crippen molar-refractivity contribution >= 4 is 0 Å². The van der Waals surface area contributed by atoms with Gasteiger partial charge in [-0.15, -0.1) is 0 Å². The van der Waals surface area contributed by atoms with Gasteiger partial charge in [0.05, 0.1) is 18.3 Å². The smallest absolute Gasteiger partial charge is 0.0928 e. The maximum atomic E-state index is 9.75. The first-order valence-corrected chi connectivity index (χ1v) is 5.91. The van der Waals surface area contributed by atoms with Gasteiger partial charge < -0.3 is 9.84 Å². The van der Waals surface area contributed by atoms with Crippen LogP contribution in [-0.4, -0.2) is 17.8 Å². The van der Waals surface area contributed by atoms with Gasteiger partial charge in [-0.1, -0.05) is 18.2 Å². The molecular formula is C14H20O2. The van der Waals surface area contributed by atoms with E-state index >= 15 is 0 Å². The van der Waals surface area contributed by atoms with Gasteiger partial charge in [-0.2, -0.15) is 0 Å². The van der Waals surface area contributed by atoms with Gasteiger partial charge in [0.25, 0.3) is 0 Å². The van der Waals surface area contributed by atoms with Crippen LogP contribution >= 0.6 is 0 Å². The molecule has 2 heteroatoms. The van der Waals surface area contributed by atoms with Crippen molar-refractivity contribution in [1.29, 1.82) is 0 Å². The third-order valence-corrected chi connectivity index (χ3v) is 3.61. The van der Waals surface area contributed by atoms with Crippen LogP contribution in [0.3, 0.4) is 0 Å². The van der Waals surface area contributed by atoms with E-state index in [1.54, 1.807) is 0 Å². The number of aliphatic hydroxyl groups excluding tert-OH is 1. The first-order valence-electron chi connectivity index (χ1n) is 5.91. The van der Waals surface area contributed by atoms with E-state index in [0.29, 0.717) is 13.0 Å². The van der Waals surface area contributed by atoms with Crippen LogP contribution in [0.5, 0.6) is 0 Å². The average Bonchev–Trinajstić information content (AvgIpc) is 2.21. The molecule has 2 unspecified atom stereocenters. The first kappa shape index (κ1) is 11.6. The third-order valence-electron chi connectivity index (χ3n) is 3.61. The van der Waals surface area contributed by atoms with Crippen LogP contribution in [0.25, 0.3) is 0 Å². The molecule has 2 atom stereocenters. The van der Waals surface area contributed by atoms with Crippen molar-refractivity contribution < 1.29 is 9.84 Å². The highest BCUT2D eigenvalue weighted by molar-refractivity contribution is 5.33. The number of ether oxygens (including phenoxy) is 1. The molecule has 88 valence electrons. The van der Waals surface area contributed by atoms with E-state index in [-0.39, 0.29) is 11.7 Å². The molecular weight excluding hydrogens is 200 g/mol. The molecule has 1 aliphatic rings. The van der Waals surface area contributed by atoms with Gasteiger partial charge in [0.1, 0.15) is 0 Å².